The third kappa shape index (κ3) is 5.18. The lowest BCUT2D eigenvalue weighted by molar-refractivity contribution is -0.114. The van der Waals surface area contributed by atoms with Gasteiger partial charge in [0, 0.05) is 5.41 Å². The number of nitrogens with zero attached hydrogens (tertiary/aromatic N) is 2. The van der Waals surface area contributed by atoms with Gasteiger partial charge in [0.2, 0.25) is 0 Å². The lowest BCUT2D eigenvalue weighted by Crippen LogP contribution is -2.38. The molecule has 192 valence electrons. The van der Waals surface area contributed by atoms with Gasteiger partial charge < -0.3 is 14.2 Å². The molecular formula is C29H24ClN3O4S. The first-order valence-corrected chi connectivity index (χ1v) is 13.1. The molecule has 0 saturated carbocycles. The Kier molecular flexibility index (Phi) is 7.53. The molecule has 1 amide bonds. The van der Waals surface area contributed by atoms with Gasteiger partial charge in [-0.3, -0.25) is 15.1 Å². The van der Waals surface area contributed by atoms with Crippen LogP contribution < -0.4 is 14.2 Å². The van der Waals surface area contributed by atoms with E-state index in [1.54, 1.807) is 23.1 Å². The van der Waals surface area contributed by atoms with E-state index in [4.69, 9.17) is 31.2 Å². The molecule has 3 aromatic rings. The fraction of sp³-hybridized carbons (Fsp3) is 0.138. The second kappa shape index (κ2) is 11.2. The van der Waals surface area contributed by atoms with Crippen molar-refractivity contribution in [2.75, 3.05) is 20.3 Å². The molecule has 0 atom stereocenters. The third-order valence-corrected chi connectivity index (χ3v) is 7.03. The van der Waals surface area contributed by atoms with Crippen LogP contribution in [0.1, 0.15) is 16.7 Å². The van der Waals surface area contributed by atoms with Gasteiger partial charge in [-0.15, -0.1) is 0 Å². The molecule has 0 fully saturated rings. The molecule has 0 radical (unpaired) electrons. The molecule has 2 aliphatic rings. The summed E-state index contributed by atoms with van der Waals surface area (Å²) in [4.78, 5) is 18.7. The lowest BCUT2D eigenvalue weighted by atomic mass is 10.1. The number of nitrogens with one attached hydrogen (secondary N) is 1. The Labute approximate surface area is 229 Å². The van der Waals surface area contributed by atoms with Crippen LogP contribution in [0.3, 0.4) is 0 Å². The number of carbonyl (C=O) groups is 1. The number of carbonyl (C=O) groups excluding carboxylic acids is 1. The summed E-state index contributed by atoms with van der Waals surface area (Å²) in [6.45, 7) is 2.56. The monoisotopic (exact) mass is 545 g/mol. The van der Waals surface area contributed by atoms with Gasteiger partial charge in [-0.2, -0.15) is 4.99 Å². The molecule has 0 aliphatic carbocycles. The molecule has 2 heterocycles. The number of para-hydroxylation sites is 1. The Balaban J connectivity index is 1.35. The Morgan fingerprint density at radius 2 is 1.76 bits per heavy atom. The molecule has 0 aromatic heterocycles. The van der Waals surface area contributed by atoms with Crippen molar-refractivity contribution in [1.82, 2.24) is 4.90 Å². The van der Waals surface area contributed by atoms with E-state index in [1.807, 2.05) is 66.9 Å². The minimum atomic E-state index is -0.486. The van der Waals surface area contributed by atoms with Crippen LogP contribution in [-0.4, -0.2) is 42.1 Å². The zero-order chi connectivity index (χ0) is 26.6. The highest BCUT2D eigenvalue weighted by molar-refractivity contribution is 8.17. The summed E-state index contributed by atoms with van der Waals surface area (Å²) in [5.41, 5.74) is 3.50. The number of benzene rings is 3. The number of aryl methyl sites for hydroxylation is 1. The summed E-state index contributed by atoms with van der Waals surface area (Å²) in [5.74, 6) is 1.13. The maximum Gasteiger partial charge on any atom is 0.283 e. The Morgan fingerprint density at radius 3 is 2.53 bits per heavy atom. The lowest BCUT2D eigenvalue weighted by Gasteiger charge is -2.27. The summed E-state index contributed by atoms with van der Waals surface area (Å²) in [7, 11) is 1.52. The van der Waals surface area contributed by atoms with Gasteiger partial charge in [0.05, 0.1) is 23.4 Å². The standard InChI is InChI=1S/C29H24ClN3O4S/c1-18-8-6-7-11-24(18)36-12-13-37-26-22(30)15-19(16-25(26)35-2)14-21-27(31)33-23(20-9-4-3-5-10-20)17-38-29(33)32-28(21)34/h3-11,14-17,31H,12-13H2,1-2H3/b21-14-,31-27?. The number of rotatable bonds is 8. The van der Waals surface area contributed by atoms with Crippen LogP contribution in [0.4, 0.5) is 0 Å². The van der Waals surface area contributed by atoms with Crippen LogP contribution in [0.25, 0.3) is 11.8 Å². The highest BCUT2D eigenvalue weighted by atomic mass is 35.5. The minimum absolute atomic E-state index is 0.0453. The van der Waals surface area contributed by atoms with Crippen LogP contribution in [0.5, 0.6) is 17.2 Å². The van der Waals surface area contributed by atoms with Crippen LogP contribution in [0, 0.1) is 12.3 Å². The van der Waals surface area contributed by atoms with Gasteiger partial charge >= 0.3 is 0 Å². The molecular weight excluding hydrogens is 522 g/mol. The van der Waals surface area contributed by atoms with Gasteiger partial charge in [-0.25, -0.2) is 0 Å². The molecule has 2 aliphatic heterocycles. The Bertz CT molecular complexity index is 1500. The molecule has 1 N–H and O–H groups in total. The summed E-state index contributed by atoms with van der Waals surface area (Å²) < 4.78 is 17.2. The average Bonchev–Trinajstić information content (AvgIpc) is 3.35. The molecule has 38 heavy (non-hydrogen) atoms. The quantitative estimate of drug-likeness (QED) is 0.260. The Morgan fingerprint density at radius 1 is 1.03 bits per heavy atom. The number of hydrogen-bond acceptors (Lipinski definition) is 6. The third-order valence-electron chi connectivity index (χ3n) is 5.93. The largest absolute Gasteiger partial charge is 0.493 e. The number of halogens is 1. The molecule has 0 spiro atoms. The fourth-order valence-electron chi connectivity index (χ4n) is 4.06. The second-order valence-electron chi connectivity index (χ2n) is 8.43. The first-order valence-electron chi connectivity index (χ1n) is 11.8. The van der Waals surface area contributed by atoms with E-state index >= 15 is 0 Å². The first kappa shape index (κ1) is 25.6. The van der Waals surface area contributed by atoms with Crippen molar-refractivity contribution < 1.29 is 19.0 Å². The van der Waals surface area contributed by atoms with Crippen molar-refractivity contribution in [1.29, 1.82) is 5.41 Å². The molecule has 0 saturated heterocycles. The predicted octanol–water partition coefficient (Wildman–Crippen LogP) is 6.42. The van der Waals surface area contributed by atoms with Gasteiger partial charge in [0.1, 0.15) is 24.8 Å². The predicted molar refractivity (Wildman–Crippen MR) is 152 cm³/mol. The number of thioether (sulfide) groups is 1. The SMILES string of the molecule is COc1cc(/C=C2/C(=N)N3C(c4ccccc4)=CSC3=NC2=O)cc(Cl)c1OCCOc1ccccc1C. The number of aliphatic imine (C=N–C) groups is 1. The van der Waals surface area contributed by atoms with Crippen LogP contribution >= 0.6 is 23.4 Å². The van der Waals surface area contributed by atoms with Crippen LogP contribution in [0.2, 0.25) is 5.02 Å². The highest BCUT2D eigenvalue weighted by Gasteiger charge is 2.36. The minimum Gasteiger partial charge on any atom is -0.493 e. The number of methoxy groups -OCH3 is 1. The van der Waals surface area contributed by atoms with E-state index < -0.39 is 5.91 Å². The molecule has 9 heteroatoms. The summed E-state index contributed by atoms with van der Waals surface area (Å²) in [5, 5.41) is 11.5. The van der Waals surface area contributed by atoms with E-state index in [-0.39, 0.29) is 18.0 Å². The second-order valence-corrected chi connectivity index (χ2v) is 9.67. The van der Waals surface area contributed by atoms with Gasteiger partial charge in [-0.1, -0.05) is 71.9 Å². The van der Waals surface area contributed by atoms with Crippen molar-refractivity contribution in [3.8, 4) is 17.2 Å². The summed E-state index contributed by atoms with van der Waals surface area (Å²) >= 11 is 7.87. The fourth-order valence-corrected chi connectivity index (χ4v) is 5.22. The van der Waals surface area contributed by atoms with Gasteiger partial charge in [0.15, 0.2) is 16.7 Å². The maximum atomic E-state index is 12.9. The van der Waals surface area contributed by atoms with E-state index in [9.17, 15) is 4.79 Å². The highest BCUT2D eigenvalue weighted by Crippen LogP contribution is 2.39. The van der Waals surface area contributed by atoms with E-state index in [1.165, 1.54) is 18.9 Å². The van der Waals surface area contributed by atoms with Crippen molar-refractivity contribution in [3.63, 3.8) is 0 Å². The number of amidine groups is 2. The number of fused-ring (bicyclic) bond motifs is 1. The molecule has 0 unspecified atom stereocenters. The molecule has 7 nitrogen and oxygen atoms in total. The zero-order valence-electron chi connectivity index (χ0n) is 20.7. The van der Waals surface area contributed by atoms with Crippen molar-refractivity contribution in [2.45, 2.75) is 6.92 Å². The number of amides is 1. The normalized spacial score (nSPS) is 15.8. The van der Waals surface area contributed by atoms with E-state index in [0.29, 0.717) is 33.9 Å². The van der Waals surface area contributed by atoms with Crippen molar-refractivity contribution in [3.05, 3.63) is 99.4 Å². The number of hydrogen-bond donors (Lipinski definition) is 1. The van der Waals surface area contributed by atoms with Crippen LogP contribution in [-0.2, 0) is 4.79 Å². The zero-order valence-corrected chi connectivity index (χ0v) is 22.3. The van der Waals surface area contributed by atoms with Crippen molar-refractivity contribution >= 4 is 52.0 Å². The number of ether oxygens (including phenoxy) is 3. The van der Waals surface area contributed by atoms with Gasteiger partial charge in [-0.05, 0) is 47.9 Å². The smallest absolute Gasteiger partial charge is 0.283 e. The van der Waals surface area contributed by atoms with E-state index in [2.05, 4.69) is 4.99 Å². The average molecular weight is 546 g/mol. The summed E-state index contributed by atoms with van der Waals surface area (Å²) in [6.07, 6.45) is 1.59. The summed E-state index contributed by atoms with van der Waals surface area (Å²) in [6, 6.07) is 20.8. The molecule has 0 bridgehead atoms. The maximum absolute atomic E-state index is 12.9. The van der Waals surface area contributed by atoms with Gasteiger partial charge in [0.25, 0.3) is 5.91 Å². The van der Waals surface area contributed by atoms with E-state index in [0.717, 1.165) is 22.6 Å². The first-order chi connectivity index (χ1) is 18.5. The molecule has 3 aromatic carbocycles. The Hall–Kier alpha value is -4.01. The molecule has 5 rings (SSSR count). The van der Waals surface area contributed by atoms with Crippen molar-refractivity contribution in [2.24, 2.45) is 4.99 Å². The van der Waals surface area contributed by atoms with Crippen LogP contribution in [0.15, 0.2) is 82.7 Å². The topological polar surface area (TPSA) is 84.2 Å².